The molecule has 1 heterocycles. The third-order valence-corrected chi connectivity index (χ3v) is 3.71. The molecule has 104 valence electrons. The van der Waals surface area contributed by atoms with E-state index in [0.29, 0.717) is 13.0 Å². The van der Waals surface area contributed by atoms with Gasteiger partial charge in [0.15, 0.2) is 0 Å². The molecule has 1 amide bonds. The Morgan fingerprint density at radius 2 is 2.16 bits per heavy atom. The van der Waals surface area contributed by atoms with Crippen molar-refractivity contribution < 1.29 is 4.79 Å². The second-order valence-electron chi connectivity index (χ2n) is 5.95. The number of nitrogens with zero attached hydrogens (tertiary/aromatic N) is 1. The van der Waals surface area contributed by atoms with Crippen LogP contribution in [0.4, 0.5) is 11.4 Å². The molecule has 0 aromatic heterocycles. The van der Waals surface area contributed by atoms with Gasteiger partial charge in [-0.2, -0.15) is 0 Å². The summed E-state index contributed by atoms with van der Waals surface area (Å²) in [6, 6.07) is 6.11. The molecule has 19 heavy (non-hydrogen) atoms. The van der Waals surface area contributed by atoms with E-state index in [1.165, 1.54) is 0 Å². The lowest BCUT2D eigenvalue weighted by Gasteiger charge is -2.30. The monoisotopic (exact) mass is 261 g/mol. The van der Waals surface area contributed by atoms with Crippen LogP contribution in [0.5, 0.6) is 0 Å². The van der Waals surface area contributed by atoms with E-state index in [2.05, 4.69) is 25.2 Å². The molecule has 0 radical (unpaired) electrons. The van der Waals surface area contributed by atoms with Gasteiger partial charge in [0.25, 0.3) is 0 Å². The number of anilines is 2. The first kappa shape index (κ1) is 13.9. The van der Waals surface area contributed by atoms with E-state index < -0.39 is 0 Å². The molecule has 0 aliphatic carbocycles. The van der Waals surface area contributed by atoms with Gasteiger partial charge in [0.05, 0.1) is 6.42 Å². The highest BCUT2D eigenvalue weighted by Gasteiger charge is 2.31. The third kappa shape index (κ3) is 2.89. The highest BCUT2D eigenvalue weighted by molar-refractivity contribution is 6.01. The SMILES string of the molecule is CNc1ccc2c(c1)CC(=O)N2CC(C)(C)CCN. The third-order valence-electron chi connectivity index (χ3n) is 3.71. The van der Waals surface area contributed by atoms with Crippen molar-refractivity contribution in [3.05, 3.63) is 23.8 Å². The molecule has 0 saturated carbocycles. The van der Waals surface area contributed by atoms with E-state index >= 15 is 0 Å². The van der Waals surface area contributed by atoms with E-state index in [9.17, 15) is 4.79 Å². The van der Waals surface area contributed by atoms with Crippen molar-refractivity contribution in [2.75, 3.05) is 30.4 Å². The van der Waals surface area contributed by atoms with Crippen molar-refractivity contribution in [3.63, 3.8) is 0 Å². The lowest BCUT2D eigenvalue weighted by Crippen LogP contribution is -2.37. The van der Waals surface area contributed by atoms with Crippen molar-refractivity contribution in [3.8, 4) is 0 Å². The highest BCUT2D eigenvalue weighted by Crippen LogP contribution is 2.34. The molecule has 2 rings (SSSR count). The van der Waals surface area contributed by atoms with Crippen LogP contribution in [-0.4, -0.2) is 26.0 Å². The minimum absolute atomic E-state index is 0.0493. The van der Waals surface area contributed by atoms with Crippen LogP contribution >= 0.6 is 0 Å². The lowest BCUT2D eigenvalue weighted by atomic mass is 9.88. The topological polar surface area (TPSA) is 58.4 Å². The molecule has 1 aliphatic heterocycles. The summed E-state index contributed by atoms with van der Waals surface area (Å²) >= 11 is 0. The van der Waals surface area contributed by atoms with Crippen LogP contribution in [0, 0.1) is 5.41 Å². The molecular weight excluding hydrogens is 238 g/mol. The predicted octanol–water partition coefficient (Wildman–Crippen LogP) is 1.99. The maximum Gasteiger partial charge on any atom is 0.231 e. The average molecular weight is 261 g/mol. The summed E-state index contributed by atoms with van der Waals surface area (Å²) in [5.41, 5.74) is 8.91. The number of amides is 1. The van der Waals surface area contributed by atoms with Crippen LogP contribution in [0.25, 0.3) is 0 Å². The van der Waals surface area contributed by atoms with Gasteiger partial charge >= 0.3 is 0 Å². The molecule has 4 nitrogen and oxygen atoms in total. The Bertz CT molecular complexity index is 482. The number of rotatable bonds is 5. The zero-order valence-corrected chi connectivity index (χ0v) is 12.0. The Morgan fingerprint density at radius 3 is 2.79 bits per heavy atom. The Morgan fingerprint density at radius 1 is 1.42 bits per heavy atom. The number of fused-ring (bicyclic) bond motifs is 1. The molecular formula is C15H23N3O. The quantitative estimate of drug-likeness (QED) is 0.852. The molecule has 0 spiro atoms. The van der Waals surface area contributed by atoms with Crippen LogP contribution in [0.15, 0.2) is 18.2 Å². The summed E-state index contributed by atoms with van der Waals surface area (Å²) in [4.78, 5) is 14.1. The number of carbonyl (C=O) groups excluding carboxylic acids is 1. The first-order valence-corrected chi connectivity index (χ1v) is 6.78. The molecule has 0 fully saturated rings. The molecule has 1 aromatic carbocycles. The summed E-state index contributed by atoms with van der Waals surface area (Å²) in [5, 5.41) is 3.11. The van der Waals surface area contributed by atoms with Gasteiger partial charge in [-0.25, -0.2) is 0 Å². The summed E-state index contributed by atoms with van der Waals surface area (Å²) in [6.07, 6.45) is 1.42. The van der Waals surface area contributed by atoms with Gasteiger partial charge in [0.1, 0.15) is 0 Å². The van der Waals surface area contributed by atoms with Crippen molar-refractivity contribution >= 4 is 17.3 Å². The summed E-state index contributed by atoms with van der Waals surface area (Å²) in [6.45, 7) is 5.70. The minimum atomic E-state index is 0.0493. The first-order valence-electron chi connectivity index (χ1n) is 6.78. The fourth-order valence-electron chi connectivity index (χ4n) is 2.61. The number of hydrogen-bond acceptors (Lipinski definition) is 3. The second-order valence-corrected chi connectivity index (χ2v) is 5.95. The molecule has 4 heteroatoms. The number of nitrogens with two attached hydrogens (primary N) is 1. The van der Waals surface area contributed by atoms with E-state index in [1.807, 2.05) is 24.1 Å². The van der Waals surface area contributed by atoms with Gasteiger partial charge < -0.3 is 16.0 Å². The molecule has 0 atom stereocenters. The fraction of sp³-hybridized carbons (Fsp3) is 0.533. The standard InChI is InChI=1S/C15H23N3O/c1-15(2,6-7-16)10-18-13-5-4-12(17-3)8-11(13)9-14(18)19/h4-5,8,17H,6-7,9-10,16H2,1-3H3. The van der Waals surface area contributed by atoms with Crippen molar-refractivity contribution in [1.82, 2.24) is 0 Å². The number of benzene rings is 1. The van der Waals surface area contributed by atoms with Gasteiger partial charge in [-0.3, -0.25) is 4.79 Å². The molecule has 0 saturated heterocycles. The number of carbonyl (C=O) groups is 1. The van der Waals surface area contributed by atoms with E-state index in [4.69, 9.17) is 5.73 Å². The van der Waals surface area contributed by atoms with E-state index in [1.54, 1.807) is 0 Å². The van der Waals surface area contributed by atoms with Crippen LogP contribution in [0.2, 0.25) is 0 Å². The number of nitrogens with one attached hydrogen (secondary N) is 1. The number of hydrogen-bond donors (Lipinski definition) is 2. The fourth-order valence-corrected chi connectivity index (χ4v) is 2.61. The Hall–Kier alpha value is -1.55. The summed E-state index contributed by atoms with van der Waals surface area (Å²) in [7, 11) is 1.89. The zero-order valence-electron chi connectivity index (χ0n) is 12.0. The van der Waals surface area contributed by atoms with E-state index in [0.717, 1.165) is 29.9 Å². The molecule has 1 aliphatic rings. The van der Waals surface area contributed by atoms with Crippen LogP contribution in [0.3, 0.4) is 0 Å². The van der Waals surface area contributed by atoms with Gasteiger partial charge in [0.2, 0.25) is 5.91 Å². The Labute approximate surface area is 115 Å². The van der Waals surface area contributed by atoms with Crippen molar-refractivity contribution in [2.45, 2.75) is 26.7 Å². The second kappa shape index (κ2) is 5.21. The minimum Gasteiger partial charge on any atom is -0.388 e. The Kier molecular flexibility index (Phi) is 3.80. The molecule has 0 bridgehead atoms. The van der Waals surface area contributed by atoms with Crippen molar-refractivity contribution in [2.24, 2.45) is 11.1 Å². The summed E-state index contributed by atoms with van der Waals surface area (Å²) in [5.74, 6) is 0.188. The largest absolute Gasteiger partial charge is 0.388 e. The normalized spacial score (nSPS) is 14.7. The van der Waals surface area contributed by atoms with Crippen LogP contribution in [0.1, 0.15) is 25.8 Å². The maximum atomic E-state index is 12.2. The van der Waals surface area contributed by atoms with Crippen molar-refractivity contribution in [1.29, 1.82) is 0 Å². The predicted molar refractivity (Wildman–Crippen MR) is 79.5 cm³/mol. The van der Waals surface area contributed by atoms with Gasteiger partial charge in [-0.05, 0) is 42.1 Å². The zero-order chi connectivity index (χ0) is 14.0. The van der Waals surface area contributed by atoms with Crippen LogP contribution in [-0.2, 0) is 11.2 Å². The molecule has 0 unspecified atom stereocenters. The van der Waals surface area contributed by atoms with Gasteiger partial charge in [-0.1, -0.05) is 13.8 Å². The average Bonchev–Trinajstić information content (AvgIpc) is 2.64. The molecule has 3 N–H and O–H groups in total. The lowest BCUT2D eigenvalue weighted by molar-refractivity contribution is -0.117. The summed E-state index contributed by atoms with van der Waals surface area (Å²) < 4.78 is 0. The highest BCUT2D eigenvalue weighted by atomic mass is 16.2. The Balaban J connectivity index is 2.23. The first-order chi connectivity index (χ1) is 8.96. The maximum absolute atomic E-state index is 12.2. The van der Waals surface area contributed by atoms with E-state index in [-0.39, 0.29) is 11.3 Å². The van der Waals surface area contributed by atoms with Gasteiger partial charge in [0, 0.05) is 25.0 Å². The van der Waals surface area contributed by atoms with Gasteiger partial charge in [-0.15, -0.1) is 0 Å². The van der Waals surface area contributed by atoms with Crippen LogP contribution < -0.4 is 16.0 Å². The smallest absolute Gasteiger partial charge is 0.231 e. The molecule has 1 aromatic rings.